The number of aryl methyl sites for hydroxylation is 1. The van der Waals surface area contributed by atoms with Gasteiger partial charge in [-0.3, -0.25) is 15.0 Å². The van der Waals surface area contributed by atoms with Gasteiger partial charge in [0.05, 0.1) is 6.33 Å². The predicted octanol–water partition coefficient (Wildman–Crippen LogP) is 2.90. The van der Waals surface area contributed by atoms with Crippen LogP contribution >= 0.6 is 0 Å². The maximum Gasteiger partial charge on any atom is 0.287 e. The maximum atomic E-state index is 12.5. The van der Waals surface area contributed by atoms with Gasteiger partial charge < -0.3 is 15.6 Å². The summed E-state index contributed by atoms with van der Waals surface area (Å²) < 4.78 is 0. The quantitative estimate of drug-likeness (QED) is 0.381. The van der Waals surface area contributed by atoms with Crippen LogP contribution in [0.2, 0.25) is 0 Å². The van der Waals surface area contributed by atoms with Crippen LogP contribution in [-0.2, 0) is 4.79 Å². The lowest BCUT2D eigenvalue weighted by Crippen LogP contribution is -2.23. The number of aromatic amines is 1. The largest absolute Gasteiger partial charge is 0.339 e. The fourth-order valence-electron chi connectivity index (χ4n) is 2.42. The number of H-pyrrole nitrogens is 1. The van der Waals surface area contributed by atoms with Crippen molar-refractivity contribution in [2.45, 2.75) is 6.92 Å². The number of amides is 2. The smallest absolute Gasteiger partial charge is 0.287 e. The third-order valence-electron chi connectivity index (χ3n) is 3.77. The molecule has 0 bridgehead atoms. The molecule has 3 rings (SSSR count). The Morgan fingerprint density at radius 3 is 2.55 bits per heavy atom. The van der Waals surface area contributed by atoms with Gasteiger partial charge in [0.25, 0.3) is 11.8 Å². The molecule has 0 fully saturated rings. The van der Waals surface area contributed by atoms with E-state index in [9.17, 15) is 14.9 Å². The van der Waals surface area contributed by atoms with Crippen LogP contribution in [0.15, 0.2) is 66.0 Å². The standard InChI is InChI=1S/C20H17N7O2/c1-13-6-5-9-15(10-13)25-20(29)17-18(23-12-22-17)27-26-16(11-21)19(28)24-14-7-3-2-4-8-14/h2-10,12,27H,1H3,(H,22,23)(H,24,28)(H,25,29)/b26-16-. The number of aromatic nitrogens is 2. The van der Waals surface area contributed by atoms with E-state index >= 15 is 0 Å². The summed E-state index contributed by atoms with van der Waals surface area (Å²) >= 11 is 0. The van der Waals surface area contributed by atoms with E-state index in [1.165, 1.54) is 6.33 Å². The van der Waals surface area contributed by atoms with Crippen molar-refractivity contribution in [2.24, 2.45) is 5.10 Å². The van der Waals surface area contributed by atoms with Crippen LogP contribution in [0.25, 0.3) is 0 Å². The molecule has 0 saturated carbocycles. The molecule has 29 heavy (non-hydrogen) atoms. The first kappa shape index (κ1) is 19.3. The van der Waals surface area contributed by atoms with E-state index in [-0.39, 0.29) is 11.5 Å². The molecule has 0 aliphatic rings. The Morgan fingerprint density at radius 2 is 1.83 bits per heavy atom. The van der Waals surface area contributed by atoms with Crippen molar-refractivity contribution in [3.8, 4) is 6.07 Å². The van der Waals surface area contributed by atoms with Gasteiger partial charge in [0, 0.05) is 11.4 Å². The van der Waals surface area contributed by atoms with Crippen molar-refractivity contribution in [1.82, 2.24) is 9.97 Å². The highest BCUT2D eigenvalue weighted by Gasteiger charge is 2.16. The van der Waals surface area contributed by atoms with Crippen LogP contribution in [0.4, 0.5) is 17.2 Å². The van der Waals surface area contributed by atoms with E-state index in [4.69, 9.17) is 0 Å². The monoisotopic (exact) mass is 387 g/mol. The molecule has 0 aliphatic carbocycles. The number of benzene rings is 2. The lowest BCUT2D eigenvalue weighted by Gasteiger charge is -2.06. The number of carbonyl (C=O) groups is 2. The second-order valence-corrected chi connectivity index (χ2v) is 5.95. The summed E-state index contributed by atoms with van der Waals surface area (Å²) in [5.74, 6) is -1.05. The lowest BCUT2D eigenvalue weighted by molar-refractivity contribution is -0.110. The Balaban J connectivity index is 1.70. The highest BCUT2D eigenvalue weighted by Crippen LogP contribution is 2.15. The van der Waals surface area contributed by atoms with E-state index in [2.05, 4.69) is 31.1 Å². The summed E-state index contributed by atoms with van der Waals surface area (Å²) in [6.45, 7) is 1.91. The number of carbonyl (C=O) groups excluding carboxylic acids is 2. The molecular formula is C20H17N7O2. The number of hydrogen-bond donors (Lipinski definition) is 4. The van der Waals surface area contributed by atoms with Crippen LogP contribution in [0.1, 0.15) is 16.1 Å². The molecule has 2 aromatic carbocycles. The molecule has 0 unspecified atom stereocenters. The Labute approximate surface area is 166 Å². The van der Waals surface area contributed by atoms with Crippen molar-refractivity contribution in [2.75, 3.05) is 16.1 Å². The van der Waals surface area contributed by atoms with E-state index in [0.29, 0.717) is 11.4 Å². The van der Waals surface area contributed by atoms with Gasteiger partial charge in [-0.25, -0.2) is 4.98 Å². The second kappa shape index (κ2) is 8.96. The molecule has 0 atom stereocenters. The average molecular weight is 387 g/mol. The molecule has 1 heterocycles. The van der Waals surface area contributed by atoms with E-state index in [1.54, 1.807) is 42.5 Å². The topological polar surface area (TPSA) is 135 Å². The van der Waals surface area contributed by atoms with Gasteiger partial charge in [0.2, 0.25) is 5.71 Å². The fourth-order valence-corrected chi connectivity index (χ4v) is 2.42. The summed E-state index contributed by atoms with van der Waals surface area (Å²) in [6.07, 6.45) is 1.30. The maximum absolute atomic E-state index is 12.5. The number of nitrogens with zero attached hydrogens (tertiary/aromatic N) is 3. The number of anilines is 3. The van der Waals surface area contributed by atoms with Crippen LogP contribution in [0.3, 0.4) is 0 Å². The summed E-state index contributed by atoms with van der Waals surface area (Å²) in [5, 5.41) is 18.3. The molecule has 0 radical (unpaired) electrons. The van der Waals surface area contributed by atoms with Crippen molar-refractivity contribution in [1.29, 1.82) is 5.26 Å². The molecule has 2 amide bonds. The number of nitrogens with one attached hydrogen (secondary N) is 4. The molecule has 144 valence electrons. The van der Waals surface area contributed by atoms with Crippen molar-refractivity contribution in [3.05, 3.63) is 72.2 Å². The van der Waals surface area contributed by atoms with Gasteiger partial charge in [0.1, 0.15) is 6.07 Å². The number of hydrazone groups is 1. The molecule has 1 aromatic heterocycles. The highest BCUT2D eigenvalue weighted by molar-refractivity contribution is 6.48. The number of hydrogen-bond acceptors (Lipinski definition) is 6. The van der Waals surface area contributed by atoms with Crippen molar-refractivity contribution < 1.29 is 9.59 Å². The van der Waals surface area contributed by atoms with Crippen molar-refractivity contribution >= 4 is 34.7 Å². The van der Waals surface area contributed by atoms with Gasteiger partial charge in [-0.15, -0.1) is 0 Å². The van der Waals surface area contributed by atoms with Crippen LogP contribution < -0.4 is 16.1 Å². The van der Waals surface area contributed by atoms with E-state index in [1.807, 2.05) is 25.1 Å². The lowest BCUT2D eigenvalue weighted by atomic mass is 10.2. The zero-order valence-corrected chi connectivity index (χ0v) is 15.4. The molecular weight excluding hydrogens is 370 g/mol. The van der Waals surface area contributed by atoms with Gasteiger partial charge in [-0.05, 0) is 36.8 Å². The number of imidazole rings is 1. The number of rotatable bonds is 6. The van der Waals surface area contributed by atoms with Gasteiger partial charge in [-0.2, -0.15) is 10.4 Å². The number of para-hydroxylation sites is 1. The summed E-state index contributed by atoms with van der Waals surface area (Å²) in [5.41, 5.74) is 4.33. The van der Waals surface area contributed by atoms with E-state index in [0.717, 1.165) is 5.56 Å². The van der Waals surface area contributed by atoms with Crippen LogP contribution in [-0.4, -0.2) is 27.5 Å². The Bertz CT molecular complexity index is 1100. The van der Waals surface area contributed by atoms with Gasteiger partial charge >= 0.3 is 0 Å². The normalized spacial score (nSPS) is 10.7. The second-order valence-electron chi connectivity index (χ2n) is 5.95. The highest BCUT2D eigenvalue weighted by atomic mass is 16.2. The zero-order chi connectivity index (χ0) is 20.6. The molecule has 4 N–H and O–H groups in total. The molecule has 3 aromatic rings. The Hall–Kier alpha value is -4.45. The van der Waals surface area contributed by atoms with Crippen LogP contribution in [0, 0.1) is 18.3 Å². The Kier molecular flexibility index (Phi) is 5.97. The first-order valence-corrected chi connectivity index (χ1v) is 8.58. The summed E-state index contributed by atoms with van der Waals surface area (Å²) in [4.78, 5) is 31.3. The predicted molar refractivity (Wildman–Crippen MR) is 109 cm³/mol. The number of nitriles is 1. The minimum absolute atomic E-state index is 0.0791. The van der Waals surface area contributed by atoms with Gasteiger partial charge in [0.15, 0.2) is 11.5 Å². The zero-order valence-electron chi connectivity index (χ0n) is 15.4. The van der Waals surface area contributed by atoms with E-state index < -0.39 is 17.5 Å². The Morgan fingerprint density at radius 1 is 1.07 bits per heavy atom. The molecule has 9 nitrogen and oxygen atoms in total. The molecule has 9 heteroatoms. The SMILES string of the molecule is Cc1cccc(NC(=O)c2[nH]cnc2N/N=C(/C#N)C(=O)Nc2ccccc2)c1. The third-order valence-corrected chi connectivity index (χ3v) is 3.77. The fraction of sp³-hybridized carbons (Fsp3) is 0.0500. The minimum Gasteiger partial charge on any atom is -0.339 e. The summed E-state index contributed by atoms with van der Waals surface area (Å²) in [6, 6.07) is 17.7. The molecule has 0 aliphatic heterocycles. The summed E-state index contributed by atoms with van der Waals surface area (Å²) in [7, 11) is 0. The molecule has 0 spiro atoms. The molecule has 0 saturated heterocycles. The minimum atomic E-state index is -0.688. The van der Waals surface area contributed by atoms with Crippen molar-refractivity contribution in [3.63, 3.8) is 0 Å². The van der Waals surface area contributed by atoms with Crippen LogP contribution in [0.5, 0.6) is 0 Å². The average Bonchev–Trinajstić information content (AvgIpc) is 3.18. The van der Waals surface area contributed by atoms with Gasteiger partial charge in [-0.1, -0.05) is 30.3 Å². The third kappa shape index (κ3) is 5.05. The first-order chi connectivity index (χ1) is 14.1. The first-order valence-electron chi connectivity index (χ1n) is 8.58.